The smallest absolute Gasteiger partial charge is 0.337 e. The topological polar surface area (TPSA) is 73.9 Å². The Bertz CT molecular complexity index is 1240. The molecule has 5 rings (SSSR count). The molecule has 1 heterocycles. The summed E-state index contributed by atoms with van der Waals surface area (Å²) in [6.45, 7) is 1.90. The van der Waals surface area contributed by atoms with Crippen molar-refractivity contribution in [1.82, 2.24) is 5.32 Å². The number of ketones is 1. The molecule has 1 saturated carbocycles. The van der Waals surface area contributed by atoms with Crippen LogP contribution < -0.4 is 14.8 Å². The highest BCUT2D eigenvalue weighted by molar-refractivity contribution is 6.04. The van der Waals surface area contributed by atoms with E-state index >= 15 is 0 Å². The summed E-state index contributed by atoms with van der Waals surface area (Å²) >= 11 is 0. The molecular weight excluding hydrogens is 466 g/mol. The van der Waals surface area contributed by atoms with Gasteiger partial charge in [-0.1, -0.05) is 42.8 Å². The van der Waals surface area contributed by atoms with Gasteiger partial charge >= 0.3 is 5.97 Å². The molecule has 194 valence electrons. The quantitative estimate of drug-likeness (QED) is 0.494. The Hall–Kier alpha value is -3.54. The molecule has 2 aromatic carbocycles. The highest BCUT2D eigenvalue weighted by Crippen LogP contribution is 2.48. The van der Waals surface area contributed by atoms with E-state index in [2.05, 4.69) is 17.4 Å². The first-order chi connectivity index (χ1) is 18.0. The summed E-state index contributed by atoms with van der Waals surface area (Å²) < 4.78 is 17.2. The number of rotatable bonds is 6. The molecule has 2 atom stereocenters. The fourth-order valence-corrected chi connectivity index (χ4v) is 6.04. The number of dihydropyridines is 1. The van der Waals surface area contributed by atoms with E-state index in [9.17, 15) is 9.59 Å². The molecule has 2 aliphatic carbocycles. The molecular formula is C31H35NO5. The van der Waals surface area contributed by atoms with Gasteiger partial charge in [0.25, 0.3) is 0 Å². The van der Waals surface area contributed by atoms with Crippen LogP contribution in [-0.2, 0) is 14.3 Å². The molecule has 0 amide bonds. The fourth-order valence-electron chi connectivity index (χ4n) is 6.04. The van der Waals surface area contributed by atoms with Crippen LogP contribution in [0.1, 0.15) is 74.8 Å². The average Bonchev–Trinajstić information content (AvgIpc) is 2.92. The predicted molar refractivity (Wildman–Crippen MR) is 142 cm³/mol. The van der Waals surface area contributed by atoms with Gasteiger partial charge in [0.2, 0.25) is 0 Å². The first-order valence-corrected chi connectivity index (χ1v) is 13.2. The van der Waals surface area contributed by atoms with E-state index in [0.29, 0.717) is 35.5 Å². The van der Waals surface area contributed by atoms with E-state index in [4.69, 9.17) is 14.2 Å². The van der Waals surface area contributed by atoms with Crippen molar-refractivity contribution in [1.29, 1.82) is 0 Å². The second-order valence-electron chi connectivity index (χ2n) is 10.2. The minimum absolute atomic E-state index is 0.0425. The molecule has 2 aromatic rings. The van der Waals surface area contributed by atoms with Crippen molar-refractivity contribution in [2.24, 2.45) is 0 Å². The minimum Gasteiger partial charge on any atom is -0.497 e. The molecule has 6 nitrogen and oxygen atoms in total. The van der Waals surface area contributed by atoms with Crippen molar-refractivity contribution in [2.75, 3.05) is 14.2 Å². The van der Waals surface area contributed by atoms with E-state index in [1.165, 1.54) is 6.42 Å². The largest absolute Gasteiger partial charge is 0.497 e. The van der Waals surface area contributed by atoms with Gasteiger partial charge in [0, 0.05) is 35.0 Å². The van der Waals surface area contributed by atoms with E-state index in [1.807, 2.05) is 37.3 Å². The van der Waals surface area contributed by atoms with E-state index < -0.39 is 5.92 Å². The predicted octanol–water partition coefficient (Wildman–Crippen LogP) is 5.94. The van der Waals surface area contributed by atoms with Crippen molar-refractivity contribution >= 4 is 11.8 Å². The Morgan fingerprint density at radius 3 is 2.41 bits per heavy atom. The number of methoxy groups -OCH3 is 2. The van der Waals surface area contributed by atoms with Crippen LogP contribution >= 0.6 is 0 Å². The molecule has 0 aromatic heterocycles. The molecule has 1 aliphatic heterocycles. The van der Waals surface area contributed by atoms with Gasteiger partial charge in [-0.15, -0.1) is 0 Å². The second kappa shape index (κ2) is 10.8. The van der Waals surface area contributed by atoms with Crippen molar-refractivity contribution < 1.29 is 23.8 Å². The van der Waals surface area contributed by atoms with Gasteiger partial charge in [0.1, 0.15) is 17.6 Å². The molecule has 1 N–H and O–H groups in total. The third-order valence-electron chi connectivity index (χ3n) is 7.90. The molecule has 1 fully saturated rings. The Morgan fingerprint density at radius 2 is 1.70 bits per heavy atom. The lowest BCUT2D eigenvalue weighted by atomic mass is 9.71. The lowest BCUT2D eigenvalue weighted by Gasteiger charge is -2.37. The molecule has 3 aliphatic rings. The first-order valence-electron chi connectivity index (χ1n) is 13.2. The van der Waals surface area contributed by atoms with Crippen LogP contribution in [0.5, 0.6) is 11.5 Å². The number of ether oxygens (including phenoxy) is 3. The molecule has 0 unspecified atom stereocenters. The van der Waals surface area contributed by atoms with Crippen molar-refractivity contribution in [3.63, 3.8) is 0 Å². The number of esters is 1. The summed E-state index contributed by atoms with van der Waals surface area (Å²) in [7, 11) is 3.20. The van der Waals surface area contributed by atoms with Crippen molar-refractivity contribution in [3.05, 3.63) is 82.2 Å². The van der Waals surface area contributed by atoms with Gasteiger partial charge in [0.05, 0.1) is 25.7 Å². The van der Waals surface area contributed by atoms with Crippen LogP contribution in [0.15, 0.2) is 71.1 Å². The second-order valence-corrected chi connectivity index (χ2v) is 10.2. The van der Waals surface area contributed by atoms with E-state index in [0.717, 1.165) is 48.2 Å². The maximum Gasteiger partial charge on any atom is 0.337 e. The molecule has 6 heteroatoms. The molecule has 37 heavy (non-hydrogen) atoms. The zero-order chi connectivity index (χ0) is 25.9. The zero-order valence-corrected chi connectivity index (χ0v) is 21.8. The van der Waals surface area contributed by atoms with E-state index in [1.54, 1.807) is 20.3 Å². The monoisotopic (exact) mass is 501 g/mol. The summed E-state index contributed by atoms with van der Waals surface area (Å²) in [5, 5.41) is 3.45. The summed E-state index contributed by atoms with van der Waals surface area (Å²) in [5.41, 5.74) is 4.63. The van der Waals surface area contributed by atoms with Crippen LogP contribution in [0.3, 0.4) is 0 Å². The average molecular weight is 502 g/mol. The third-order valence-corrected chi connectivity index (χ3v) is 7.90. The van der Waals surface area contributed by atoms with Crippen LogP contribution in [0.2, 0.25) is 0 Å². The van der Waals surface area contributed by atoms with Gasteiger partial charge in [-0.2, -0.15) is 0 Å². The fraction of sp³-hybridized carbons (Fsp3) is 0.419. The molecule has 0 spiro atoms. The van der Waals surface area contributed by atoms with Gasteiger partial charge in [-0.25, -0.2) is 4.79 Å². The number of hydrogen-bond donors (Lipinski definition) is 1. The minimum atomic E-state index is -0.572. The van der Waals surface area contributed by atoms with Crippen LogP contribution in [-0.4, -0.2) is 32.1 Å². The van der Waals surface area contributed by atoms with Crippen molar-refractivity contribution in [2.45, 2.75) is 69.8 Å². The summed E-state index contributed by atoms with van der Waals surface area (Å²) in [6, 6.07) is 15.7. The number of carbonyl (C=O) groups is 2. The Labute approximate surface area is 218 Å². The van der Waals surface area contributed by atoms with Crippen molar-refractivity contribution in [3.8, 4) is 11.5 Å². The van der Waals surface area contributed by atoms with Crippen LogP contribution in [0.4, 0.5) is 0 Å². The third kappa shape index (κ3) is 5.02. The van der Waals surface area contributed by atoms with Gasteiger partial charge in [0.15, 0.2) is 5.78 Å². The highest BCUT2D eigenvalue weighted by atomic mass is 16.5. The number of allylic oxidation sites excluding steroid dienone is 3. The van der Waals surface area contributed by atoms with Gasteiger partial charge in [-0.3, -0.25) is 4.79 Å². The lowest BCUT2D eigenvalue weighted by Crippen LogP contribution is -2.37. The summed E-state index contributed by atoms with van der Waals surface area (Å²) in [6.07, 6.45) is 6.08. The van der Waals surface area contributed by atoms with Gasteiger partial charge in [-0.05, 0) is 56.6 Å². The molecule has 0 radical (unpaired) electrons. The van der Waals surface area contributed by atoms with Crippen LogP contribution in [0.25, 0.3) is 0 Å². The number of carbonyl (C=O) groups excluding carboxylic acids is 2. The maximum atomic E-state index is 13.8. The Balaban J connectivity index is 1.58. The van der Waals surface area contributed by atoms with Crippen LogP contribution in [0, 0.1) is 0 Å². The Morgan fingerprint density at radius 1 is 0.946 bits per heavy atom. The summed E-state index contributed by atoms with van der Waals surface area (Å²) in [5.74, 6) is 0.423. The molecule has 0 saturated heterocycles. The number of benzene rings is 2. The summed E-state index contributed by atoms with van der Waals surface area (Å²) in [4.78, 5) is 27.6. The highest BCUT2D eigenvalue weighted by Gasteiger charge is 2.43. The number of hydrogen-bond acceptors (Lipinski definition) is 6. The Kier molecular flexibility index (Phi) is 7.36. The maximum absolute atomic E-state index is 13.8. The van der Waals surface area contributed by atoms with E-state index in [-0.39, 0.29) is 23.8 Å². The van der Waals surface area contributed by atoms with Gasteiger partial charge < -0.3 is 19.5 Å². The lowest BCUT2D eigenvalue weighted by molar-refractivity contribution is -0.146. The standard InChI is InChI=1S/C31H35NO5/c1-19-28(31(34)37-22-12-8-5-9-13-22)29(24-15-14-23(35-2)18-27(24)36-3)30-25(32-19)16-21(17-26(30)33)20-10-6-4-7-11-20/h4,6-7,10-11,14-15,18,21-22,29,32H,5,8-9,12-13,16-17H2,1-3H3/t21-,29+/m0/s1. The zero-order valence-electron chi connectivity index (χ0n) is 21.8. The normalized spacial score (nSPS) is 22.3. The molecule has 0 bridgehead atoms. The number of Topliss-reactive ketones (excluding diaryl/α,β-unsaturated/α-hetero) is 1. The SMILES string of the molecule is COc1ccc([C@@H]2C(C(=O)OC3CCCCC3)=C(C)NC3=C2C(=O)C[C@@H](c2ccccc2)C3)c(OC)c1. The number of nitrogens with one attached hydrogen (secondary N) is 1. The first kappa shape index (κ1) is 25.1.